The summed E-state index contributed by atoms with van der Waals surface area (Å²) in [6.07, 6.45) is 0.607. The standard InChI is InChI=1S/C14H14O2.K/c1-10-5-6-11-3-2-4-12(13(11)9-10)7-8-14(15)16;/h2-6,9H,7-8H2,1H3,(H,15,16);/q;+1/p-1. The summed E-state index contributed by atoms with van der Waals surface area (Å²) in [5.74, 6) is -0.996. The number of benzene rings is 2. The van der Waals surface area contributed by atoms with Gasteiger partial charge in [0.1, 0.15) is 0 Å². The van der Waals surface area contributed by atoms with Gasteiger partial charge in [-0.1, -0.05) is 42.0 Å². The third-order valence-electron chi connectivity index (χ3n) is 2.73. The van der Waals surface area contributed by atoms with Crippen molar-refractivity contribution >= 4 is 16.7 Å². The fraction of sp³-hybridized carbons (Fsp3) is 0.214. The molecule has 0 aromatic heterocycles. The number of aliphatic carboxylic acids is 1. The largest absolute Gasteiger partial charge is 1.00 e. The molecule has 0 spiro atoms. The summed E-state index contributed by atoms with van der Waals surface area (Å²) in [6.45, 7) is 2.04. The Balaban J connectivity index is 0.00000144. The van der Waals surface area contributed by atoms with Crippen molar-refractivity contribution in [3.63, 3.8) is 0 Å². The molecule has 17 heavy (non-hydrogen) atoms. The van der Waals surface area contributed by atoms with Crippen molar-refractivity contribution in [3.05, 3.63) is 47.5 Å². The first-order chi connectivity index (χ1) is 7.66. The maximum atomic E-state index is 10.5. The predicted molar refractivity (Wildman–Crippen MR) is 62.0 cm³/mol. The van der Waals surface area contributed by atoms with Crippen LogP contribution in [0.1, 0.15) is 17.5 Å². The second kappa shape index (κ2) is 6.66. The zero-order valence-electron chi connectivity index (χ0n) is 10.2. The molecule has 3 heteroatoms. The van der Waals surface area contributed by atoms with Crippen LogP contribution in [0.5, 0.6) is 0 Å². The molecule has 0 aliphatic heterocycles. The summed E-state index contributed by atoms with van der Waals surface area (Å²) in [6, 6.07) is 12.2. The van der Waals surface area contributed by atoms with Gasteiger partial charge in [0.25, 0.3) is 0 Å². The average Bonchev–Trinajstić information content (AvgIpc) is 2.26. The first-order valence-electron chi connectivity index (χ1n) is 5.35. The Hall–Kier alpha value is -0.194. The van der Waals surface area contributed by atoms with E-state index < -0.39 is 5.97 Å². The molecule has 0 aliphatic rings. The third kappa shape index (κ3) is 3.90. The number of hydrogen-bond donors (Lipinski definition) is 0. The maximum absolute atomic E-state index is 10.5. The van der Waals surface area contributed by atoms with E-state index in [1.54, 1.807) is 0 Å². The molecule has 0 bridgehead atoms. The molecule has 0 aliphatic carbocycles. The van der Waals surface area contributed by atoms with E-state index in [9.17, 15) is 9.90 Å². The number of hydrogen-bond acceptors (Lipinski definition) is 2. The van der Waals surface area contributed by atoms with Gasteiger partial charge in [0.2, 0.25) is 0 Å². The Labute approximate surface area is 143 Å². The molecule has 0 fully saturated rings. The molecule has 0 saturated heterocycles. The fourth-order valence-electron chi connectivity index (χ4n) is 1.91. The van der Waals surface area contributed by atoms with Crippen LogP contribution < -0.4 is 56.5 Å². The van der Waals surface area contributed by atoms with Gasteiger partial charge in [0, 0.05) is 5.97 Å². The third-order valence-corrected chi connectivity index (χ3v) is 2.73. The van der Waals surface area contributed by atoms with Crippen LogP contribution in [-0.2, 0) is 11.2 Å². The van der Waals surface area contributed by atoms with Gasteiger partial charge in [-0.25, -0.2) is 0 Å². The minimum absolute atomic E-state index is 0. The molecule has 2 rings (SSSR count). The van der Waals surface area contributed by atoms with E-state index in [0.29, 0.717) is 6.42 Å². The van der Waals surface area contributed by atoms with Crippen LogP contribution in [0, 0.1) is 6.92 Å². The Morgan fingerprint density at radius 3 is 2.71 bits per heavy atom. The van der Waals surface area contributed by atoms with E-state index in [-0.39, 0.29) is 57.8 Å². The van der Waals surface area contributed by atoms with Gasteiger partial charge < -0.3 is 9.90 Å². The van der Waals surface area contributed by atoms with Gasteiger partial charge in [0.05, 0.1) is 0 Å². The number of aryl methyl sites for hydroxylation is 2. The van der Waals surface area contributed by atoms with E-state index in [0.717, 1.165) is 16.3 Å². The van der Waals surface area contributed by atoms with Crippen LogP contribution in [0.15, 0.2) is 36.4 Å². The van der Waals surface area contributed by atoms with Crippen LogP contribution in [0.2, 0.25) is 0 Å². The Bertz CT molecular complexity index is 535. The van der Waals surface area contributed by atoms with E-state index in [2.05, 4.69) is 18.2 Å². The number of fused-ring (bicyclic) bond motifs is 1. The molecule has 2 aromatic carbocycles. The minimum atomic E-state index is -0.996. The Morgan fingerprint density at radius 2 is 2.00 bits per heavy atom. The van der Waals surface area contributed by atoms with Crippen molar-refractivity contribution < 1.29 is 61.3 Å². The fourth-order valence-corrected chi connectivity index (χ4v) is 1.91. The summed E-state index contributed by atoms with van der Waals surface area (Å²) in [5.41, 5.74) is 2.26. The number of carbonyl (C=O) groups is 1. The molecule has 0 saturated carbocycles. The predicted octanol–water partition coefficient (Wildman–Crippen LogP) is -1.17. The molecule has 0 radical (unpaired) electrons. The second-order valence-electron chi connectivity index (χ2n) is 4.01. The molecule has 0 N–H and O–H groups in total. The van der Waals surface area contributed by atoms with Crippen molar-refractivity contribution in [2.75, 3.05) is 0 Å². The summed E-state index contributed by atoms with van der Waals surface area (Å²) < 4.78 is 0. The second-order valence-corrected chi connectivity index (χ2v) is 4.01. The van der Waals surface area contributed by atoms with Gasteiger partial charge in [-0.2, -0.15) is 0 Å². The Morgan fingerprint density at radius 1 is 1.24 bits per heavy atom. The summed E-state index contributed by atoms with van der Waals surface area (Å²) in [7, 11) is 0. The molecule has 0 unspecified atom stereocenters. The molecule has 0 amide bonds. The zero-order valence-corrected chi connectivity index (χ0v) is 13.3. The van der Waals surface area contributed by atoms with E-state index in [1.165, 1.54) is 5.56 Å². The van der Waals surface area contributed by atoms with E-state index >= 15 is 0 Å². The Kier molecular flexibility index (Phi) is 5.83. The average molecular weight is 252 g/mol. The first-order valence-corrected chi connectivity index (χ1v) is 5.35. The van der Waals surface area contributed by atoms with Gasteiger partial charge in [-0.05, 0) is 36.1 Å². The normalized spacial score (nSPS) is 9.94. The molecule has 2 aromatic rings. The molecule has 0 heterocycles. The van der Waals surface area contributed by atoms with Gasteiger partial charge in [-0.3, -0.25) is 0 Å². The van der Waals surface area contributed by atoms with Crippen LogP contribution in [0.3, 0.4) is 0 Å². The summed E-state index contributed by atoms with van der Waals surface area (Å²) in [5, 5.41) is 12.8. The maximum Gasteiger partial charge on any atom is 1.00 e. The zero-order chi connectivity index (χ0) is 11.5. The van der Waals surface area contributed by atoms with Crippen LogP contribution in [0.25, 0.3) is 10.8 Å². The molecule has 82 valence electrons. The summed E-state index contributed by atoms with van der Waals surface area (Å²) >= 11 is 0. The first kappa shape index (κ1) is 14.9. The molecular weight excluding hydrogens is 239 g/mol. The topological polar surface area (TPSA) is 40.1 Å². The number of rotatable bonds is 3. The summed E-state index contributed by atoms with van der Waals surface area (Å²) in [4.78, 5) is 10.5. The van der Waals surface area contributed by atoms with Crippen LogP contribution in [-0.4, -0.2) is 5.97 Å². The van der Waals surface area contributed by atoms with E-state index in [1.807, 2.05) is 25.1 Å². The van der Waals surface area contributed by atoms with Crippen LogP contribution >= 0.6 is 0 Å². The quantitative estimate of drug-likeness (QED) is 0.646. The van der Waals surface area contributed by atoms with Crippen molar-refractivity contribution in [2.45, 2.75) is 19.8 Å². The van der Waals surface area contributed by atoms with E-state index in [4.69, 9.17) is 0 Å². The van der Waals surface area contributed by atoms with Crippen molar-refractivity contribution in [1.82, 2.24) is 0 Å². The van der Waals surface area contributed by atoms with Crippen molar-refractivity contribution in [2.24, 2.45) is 0 Å². The molecular formula is C14H13KO2. The smallest absolute Gasteiger partial charge is 0.550 e. The van der Waals surface area contributed by atoms with Crippen LogP contribution in [0.4, 0.5) is 0 Å². The van der Waals surface area contributed by atoms with Gasteiger partial charge in [0.15, 0.2) is 0 Å². The van der Waals surface area contributed by atoms with Crippen molar-refractivity contribution in [1.29, 1.82) is 0 Å². The monoisotopic (exact) mass is 252 g/mol. The molecule has 0 atom stereocenters. The minimum Gasteiger partial charge on any atom is -0.550 e. The number of carboxylic acid groups (broad SMARTS) is 1. The van der Waals surface area contributed by atoms with Gasteiger partial charge >= 0.3 is 51.4 Å². The van der Waals surface area contributed by atoms with Crippen molar-refractivity contribution in [3.8, 4) is 0 Å². The number of carbonyl (C=O) groups excluding carboxylic acids is 1. The SMILES string of the molecule is Cc1ccc2cccc(CCC(=O)[O-])c2c1.[K+]. The van der Waals surface area contributed by atoms with Gasteiger partial charge in [-0.15, -0.1) is 0 Å². The number of carboxylic acids is 1. The molecule has 2 nitrogen and oxygen atoms in total.